The quantitative estimate of drug-likeness (QED) is 0.351. The molecule has 1 atom stereocenters. The third-order valence-corrected chi connectivity index (χ3v) is 5.96. The first-order valence-corrected chi connectivity index (χ1v) is 11.8. The number of β-amino-alcohol motifs (C(OH)–C–C–N with tert-alkyl or cyclic N) is 1. The Bertz CT molecular complexity index is 1250. The lowest BCUT2D eigenvalue weighted by molar-refractivity contribution is 0.0697. The van der Waals surface area contributed by atoms with Crippen LogP contribution in [0.1, 0.15) is 47.8 Å². The second-order valence-electron chi connectivity index (χ2n) is 9.39. The van der Waals surface area contributed by atoms with Gasteiger partial charge in [0.2, 0.25) is 0 Å². The highest BCUT2D eigenvalue weighted by atomic mass is 19.1. The molecule has 3 aromatic rings. The number of rotatable bonds is 11. The molecule has 0 saturated carbocycles. The zero-order valence-corrected chi connectivity index (χ0v) is 20.7. The molecule has 3 rings (SSSR count). The van der Waals surface area contributed by atoms with Crippen molar-refractivity contribution in [1.82, 2.24) is 5.32 Å². The normalized spacial score (nSPS) is 12.1. The van der Waals surface area contributed by atoms with Crippen LogP contribution in [0.2, 0.25) is 0 Å². The molecule has 0 heterocycles. The van der Waals surface area contributed by atoms with Gasteiger partial charge in [-0.05, 0) is 79.3 Å². The minimum absolute atomic E-state index is 0.0288. The molecule has 0 amide bonds. The van der Waals surface area contributed by atoms with Gasteiger partial charge in [-0.3, -0.25) is 0 Å². The predicted molar refractivity (Wildman–Crippen MR) is 137 cm³/mol. The fourth-order valence-electron chi connectivity index (χ4n) is 3.92. The Kier molecular flexibility index (Phi) is 8.81. The van der Waals surface area contributed by atoms with E-state index in [4.69, 9.17) is 9.84 Å². The third kappa shape index (κ3) is 7.14. The van der Waals surface area contributed by atoms with Gasteiger partial charge in [-0.15, -0.1) is 0 Å². The van der Waals surface area contributed by atoms with Crippen LogP contribution in [0.15, 0.2) is 60.7 Å². The molecule has 0 aromatic heterocycles. The molecule has 3 N–H and O–H groups in total. The first-order valence-electron chi connectivity index (χ1n) is 11.8. The molecule has 36 heavy (non-hydrogen) atoms. The van der Waals surface area contributed by atoms with Crippen LogP contribution < -0.4 is 10.1 Å². The number of halogens is 1. The van der Waals surface area contributed by atoms with E-state index in [0.29, 0.717) is 29.7 Å². The van der Waals surface area contributed by atoms with E-state index in [1.54, 1.807) is 36.4 Å². The monoisotopic (exact) mass is 490 g/mol. The summed E-state index contributed by atoms with van der Waals surface area (Å²) in [4.78, 5) is 11.1. The van der Waals surface area contributed by atoms with Crippen molar-refractivity contribution >= 4 is 5.97 Å². The summed E-state index contributed by atoms with van der Waals surface area (Å²) in [5.41, 5.74) is 3.23. The first kappa shape index (κ1) is 26.9. The third-order valence-electron chi connectivity index (χ3n) is 5.96. The number of hydrogen-bond donors (Lipinski definition) is 3. The van der Waals surface area contributed by atoms with Gasteiger partial charge < -0.3 is 20.3 Å². The Morgan fingerprint density at radius 2 is 1.81 bits per heavy atom. The number of aliphatic hydroxyl groups is 1. The van der Waals surface area contributed by atoms with Gasteiger partial charge in [0.05, 0.1) is 11.1 Å². The van der Waals surface area contributed by atoms with Gasteiger partial charge in [-0.1, -0.05) is 37.3 Å². The molecular formula is C29H31FN2O4. The summed E-state index contributed by atoms with van der Waals surface area (Å²) in [6, 6.07) is 18.9. The van der Waals surface area contributed by atoms with Gasteiger partial charge in [-0.25, -0.2) is 9.18 Å². The second-order valence-corrected chi connectivity index (χ2v) is 9.39. The Morgan fingerprint density at radius 1 is 1.11 bits per heavy atom. The molecule has 0 fully saturated rings. The van der Waals surface area contributed by atoms with Crippen LogP contribution in [0.25, 0.3) is 11.1 Å². The van der Waals surface area contributed by atoms with Gasteiger partial charge in [-0.2, -0.15) is 5.26 Å². The Hall–Kier alpha value is -3.73. The number of carboxylic acids is 1. The van der Waals surface area contributed by atoms with Gasteiger partial charge in [0, 0.05) is 12.1 Å². The molecule has 0 aliphatic carbocycles. The van der Waals surface area contributed by atoms with E-state index in [2.05, 4.69) is 11.4 Å². The van der Waals surface area contributed by atoms with Crippen LogP contribution in [0, 0.1) is 17.1 Å². The molecule has 0 spiro atoms. The zero-order chi connectivity index (χ0) is 26.3. The maximum Gasteiger partial charge on any atom is 0.335 e. The van der Waals surface area contributed by atoms with Crippen molar-refractivity contribution in [3.8, 4) is 22.9 Å². The molecule has 0 aliphatic heterocycles. The van der Waals surface area contributed by atoms with Crippen LogP contribution in [0.4, 0.5) is 4.39 Å². The molecule has 7 heteroatoms. The van der Waals surface area contributed by atoms with E-state index >= 15 is 0 Å². The van der Waals surface area contributed by atoms with E-state index in [1.807, 2.05) is 32.9 Å². The lowest BCUT2D eigenvalue weighted by Gasteiger charge is -2.28. The molecule has 0 aliphatic rings. The van der Waals surface area contributed by atoms with Crippen LogP contribution >= 0.6 is 0 Å². The summed E-state index contributed by atoms with van der Waals surface area (Å²) >= 11 is 0. The van der Waals surface area contributed by atoms with Crippen LogP contribution in [-0.2, 0) is 12.8 Å². The van der Waals surface area contributed by atoms with Crippen molar-refractivity contribution in [1.29, 1.82) is 5.26 Å². The van der Waals surface area contributed by atoms with E-state index in [1.165, 1.54) is 12.1 Å². The summed E-state index contributed by atoms with van der Waals surface area (Å²) in [5.74, 6) is -0.868. The number of hydrogen-bond acceptors (Lipinski definition) is 5. The average molecular weight is 491 g/mol. The smallest absolute Gasteiger partial charge is 0.335 e. The highest BCUT2D eigenvalue weighted by molar-refractivity contribution is 5.88. The minimum atomic E-state index is -1.00. The Labute approximate surface area is 211 Å². The lowest BCUT2D eigenvalue weighted by Crippen LogP contribution is -2.46. The van der Waals surface area contributed by atoms with Gasteiger partial charge in [0.25, 0.3) is 0 Å². The number of aliphatic hydroxyl groups excluding tert-OH is 1. The molecule has 0 radical (unpaired) electrons. The second kappa shape index (κ2) is 11.8. The highest BCUT2D eigenvalue weighted by Crippen LogP contribution is 2.28. The van der Waals surface area contributed by atoms with Crippen molar-refractivity contribution in [2.45, 2.75) is 45.3 Å². The van der Waals surface area contributed by atoms with E-state index < -0.39 is 12.1 Å². The molecule has 1 unspecified atom stereocenters. The largest absolute Gasteiger partial charge is 0.489 e. The van der Waals surface area contributed by atoms with Crippen molar-refractivity contribution in [2.75, 3.05) is 13.2 Å². The number of nitriles is 1. The summed E-state index contributed by atoms with van der Waals surface area (Å²) < 4.78 is 19.9. The number of carbonyl (C=O) groups is 1. The van der Waals surface area contributed by atoms with Crippen molar-refractivity contribution in [3.05, 3.63) is 88.7 Å². The average Bonchev–Trinajstić information content (AvgIpc) is 2.86. The van der Waals surface area contributed by atoms with Crippen molar-refractivity contribution in [3.63, 3.8) is 0 Å². The van der Waals surface area contributed by atoms with Crippen LogP contribution in [0.5, 0.6) is 5.75 Å². The number of aromatic carboxylic acids is 1. The summed E-state index contributed by atoms with van der Waals surface area (Å²) in [6.07, 6.45) is 0.393. The minimum Gasteiger partial charge on any atom is -0.489 e. The van der Waals surface area contributed by atoms with Gasteiger partial charge in [0.15, 0.2) is 0 Å². The molecule has 0 bridgehead atoms. The SMILES string of the molecule is CCc1ccc(CC(C)(C)NCC(O)COc2cc(-c3ccc(C(=O)O)cc3)ccc2C#N)cc1F. The Balaban J connectivity index is 1.60. The fraction of sp³-hybridized carbons (Fsp3) is 0.310. The topological polar surface area (TPSA) is 103 Å². The van der Waals surface area contributed by atoms with Crippen molar-refractivity contribution in [2.24, 2.45) is 0 Å². The number of benzene rings is 3. The lowest BCUT2D eigenvalue weighted by atomic mass is 9.93. The number of nitrogens with zero attached hydrogens (tertiary/aromatic N) is 1. The van der Waals surface area contributed by atoms with E-state index in [0.717, 1.165) is 16.7 Å². The maximum atomic E-state index is 14.1. The van der Waals surface area contributed by atoms with Gasteiger partial charge >= 0.3 is 5.97 Å². The van der Waals surface area contributed by atoms with Gasteiger partial charge in [0.1, 0.15) is 30.3 Å². The maximum absolute atomic E-state index is 14.1. The van der Waals surface area contributed by atoms with Crippen LogP contribution in [0.3, 0.4) is 0 Å². The number of aryl methyl sites for hydroxylation is 1. The van der Waals surface area contributed by atoms with Crippen LogP contribution in [-0.4, -0.2) is 41.0 Å². The first-order chi connectivity index (χ1) is 17.1. The Morgan fingerprint density at radius 3 is 2.42 bits per heavy atom. The van der Waals surface area contributed by atoms with E-state index in [9.17, 15) is 19.6 Å². The fourth-order valence-corrected chi connectivity index (χ4v) is 3.92. The molecule has 0 saturated heterocycles. The summed E-state index contributed by atoms with van der Waals surface area (Å²) in [7, 11) is 0. The molecule has 3 aromatic carbocycles. The zero-order valence-electron chi connectivity index (χ0n) is 20.7. The highest BCUT2D eigenvalue weighted by Gasteiger charge is 2.20. The standard InChI is InChI=1S/C29H31FN2O4/c1-4-20-6-5-19(13-26(20)30)15-29(2,3)32-17-25(33)18-36-27-14-23(11-12-24(27)16-31)21-7-9-22(10-8-21)28(34)35/h5-14,25,32-33H,4,15,17-18H2,1-3H3,(H,34,35). The van der Waals surface area contributed by atoms with E-state index in [-0.39, 0.29) is 30.1 Å². The predicted octanol–water partition coefficient (Wildman–Crippen LogP) is 4.98. The molecular weight excluding hydrogens is 459 g/mol. The molecule has 188 valence electrons. The number of carboxylic acid groups (broad SMARTS) is 1. The molecule has 6 nitrogen and oxygen atoms in total. The number of ether oxygens (including phenoxy) is 1. The van der Waals surface area contributed by atoms with Crippen molar-refractivity contribution < 1.29 is 24.1 Å². The summed E-state index contributed by atoms with van der Waals surface area (Å²) in [5, 5.41) is 32.3. The number of nitrogens with one attached hydrogen (secondary N) is 1. The summed E-state index contributed by atoms with van der Waals surface area (Å²) in [6.45, 7) is 6.11.